The lowest BCUT2D eigenvalue weighted by molar-refractivity contribution is 1.23. The van der Waals surface area contributed by atoms with Crippen LogP contribution in [-0.4, -0.2) is 18.0 Å². The first-order chi connectivity index (χ1) is 5.02. The first-order valence-corrected chi connectivity index (χ1v) is 7.36. The number of hydrogen-bond acceptors (Lipinski definition) is 2. The molecule has 0 aliphatic rings. The highest BCUT2D eigenvalue weighted by molar-refractivity contribution is 6.89. The summed E-state index contributed by atoms with van der Waals surface area (Å²) in [6, 6.07) is 0. The Bertz CT molecular complexity index is 257. The lowest BCUT2D eigenvalue weighted by Crippen LogP contribution is -2.41. The molecule has 1 aromatic rings. The molecule has 0 saturated heterocycles. The Morgan fingerprint density at radius 3 is 2.09 bits per heavy atom. The minimum absolute atomic E-state index is 0.562. The summed E-state index contributed by atoms with van der Waals surface area (Å²) in [5.74, 6) is 0. The molecule has 0 aliphatic heterocycles. The normalized spacial score (nSPS) is 11.6. The van der Waals surface area contributed by atoms with Crippen molar-refractivity contribution in [2.24, 2.45) is 0 Å². The molecular weight excluding hydrogens is 176 g/mol. The molecule has 1 aromatic heterocycles. The van der Waals surface area contributed by atoms with Crippen LogP contribution in [0.15, 0.2) is 12.4 Å². The van der Waals surface area contributed by atoms with Crippen LogP contribution in [0.2, 0.25) is 24.8 Å². The minimum atomic E-state index is -1.38. The summed E-state index contributed by atoms with van der Waals surface area (Å²) < 4.78 is 0. The SMILES string of the molecule is C[Si](C)(C)c1nccnc1Cl. The van der Waals surface area contributed by atoms with Crippen molar-refractivity contribution >= 4 is 25.0 Å². The van der Waals surface area contributed by atoms with Gasteiger partial charge in [0.15, 0.2) is 0 Å². The summed E-state index contributed by atoms with van der Waals surface area (Å²) in [5.41, 5.74) is 0. The van der Waals surface area contributed by atoms with Gasteiger partial charge in [-0.2, -0.15) is 0 Å². The highest BCUT2D eigenvalue weighted by Gasteiger charge is 2.21. The lowest BCUT2D eigenvalue weighted by Gasteiger charge is -2.14. The van der Waals surface area contributed by atoms with Gasteiger partial charge in [0.1, 0.15) is 13.2 Å². The molecule has 1 heterocycles. The van der Waals surface area contributed by atoms with E-state index in [-0.39, 0.29) is 0 Å². The molecular formula is C7H11ClN2Si. The molecule has 0 amide bonds. The summed E-state index contributed by atoms with van der Waals surface area (Å²) in [4.78, 5) is 8.20. The van der Waals surface area contributed by atoms with E-state index in [0.29, 0.717) is 5.15 Å². The molecule has 0 bridgehead atoms. The summed E-state index contributed by atoms with van der Waals surface area (Å²) in [7, 11) is -1.38. The second-order valence-electron chi connectivity index (χ2n) is 3.45. The lowest BCUT2D eigenvalue weighted by atomic mass is 10.8. The maximum absolute atomic E-state index is 5.87. The van der Waals surface area contributed by atoms with Crippen molar-refractivity contribution in [3.8, 4) is 0 Å². The van der Waals surface area contributed by atoms with Crippen molar-refractivity contribution in [1.82, 2.24) is 9.97 Å². The van der Waals surface area contributed by atoms with E-state index in [4.69, 9.17) is 11.6 Å². The second-order valence-corrected chi connectivity index (χ2v) is 8.78. The van der Waals surface area contributed by atoms with Crippen LogP contribution in [-0.2, 0) is 0 Å². The third-order valence-corrected chi connectivity index (χ3v) is 3.59. The van der Waals surface area contributed by atoms with E-state index in [1.165, 1.54) is 0 Å². The van der Waals surface area contributed by atoms with E-state index in [1.807, 2.05) is 0 Å². The molecule has 0 atom stereocenters. The van der Waals surface area contributed by atoms with E-state index in [9.17, 15) is 0 Å². The predicted molar refractivity (Wildman–Crippen MR) is 50.0 cm³/mol. The number of aromatic nitrogens is 2. The topological polar surface area (TPSA) is 25.8 Å². The van der Waals surface area contributed by atoms with Gasteiger partial charge in [-0.3, -0.25) is 4.98 Å². The molecule has 4 heteroatoms. The van der Waals surface area contributed by atoms with Crippen LogP contribution in [0.3, 0.4) is 0 Å². The van der Waals surface area contributed by atoms with Crippen molar-refractivity contribution in [1.29, 1.82) is 0 Å². The van der Waals surface area contributed by atoms with Gasteiger partial charge < -0.3 is 0 Å². The molecule has 60 valence electrons. The highest BCUT2D eigenvalue weighted by atomic mass is 35.5. The van der Waals surface area contributed by atoms with Crippen LogP contribution >= 0.6 is 11.6 Å². The first kappa shape index (κ1) is 8.68. The van der Waals surface area contributed by atoms with Crippen molar-refractivity contribution < 1.29 is 0 Å². The average molecular weight is 187 g/mol. The van der Waals surface area contributed by atoms with Crippen LogP contribution in [0.1, 0.15) is 0 Å². The van der Waals surface area contributed by atoms with Gasteiger partial charge >= 0.3 is 0 Å². The first-order valence-electron chi connectivity index (χ1n) is 3.49. The van der Waals surface area contributed by atoms with Gasteiger partial charge in [-0.25, -0.2) is 4.98 Å². The fourth-order valence-electron chi connectivity index (χ4n) is 0.824. The number of rotatable bonds is 1. The summed E-state index contributed by atoms with van der Waals surface area (Å²) in [6.07, 6.45) is 3.31. The van der Waals surface area contributed by atoms with E-state index >= 15 is 0 Å². The smallest absolute Gasteiger partial charge is 0.145 e. The van der Waals surface area contributed by atoms with Crippen LogP contribution in [0.25, 0.3) is 0 Å². The van der Waals surface area contributed by atoms with Crippen molar-refractivity contribution in [3.05, 3.63) is 17.5 Å². The maximum Gasteiger partial charge on any atom is 0.145 e. The van der Waals surface area contributed by atoms with Gasteiger partial charge in [0.05, 0.1) is 5.32 Å². The Kier molecular flexibility index (Phi) is 2.30. The van der Waals surface area contributed by atoms with Gasteiger partial charge in [-0.05, 0) is 0 Å². The van der Waals surface area contributed by atoms with Crippen LogP contribution in [0.4, 0.5) is 0 Å². The summed E-state index contributed by atoms with van der Waals surface area (Å²) >= 11 is 5.87. The zero-order valence-electron chi connectivity index (χ0n) is 6.93. The van der Waals surface area contributed by atoms with Crippen LogP contribution < -0.4 is 5.32 Å². The third-order valence-electron chi connectivity index (χ3n) is 1.36. The van der Waals surface area contributed by atoms with Gasteiger partial charge in [-0.15, -0.1) is 0 Å². The molecule has 0 N–H and O–H groups in total. The molecule has 0 radical (unpaired) electrons. The van der Waals surface area contributed by atoms with Crippen molar-refractivity contribution in [2.75, 3.05) is 0 Å². The highest BCUT2D eigenvalue weighted by Crippen LogP contribution is 2.06. The molecule has 0 unspecified atom stereocenters. The standard InChI is InChI=1S/C7H11ClN2Si/c1-11(2,3)7-6(8)9-4-5-10-7/h4-5H,1-3H3. The molecule has 11 heavy (non-hydrogen) atoms. The Balaban J connectivity index is 3.14. The number of halogens is 1. The van der Waals surface area contributed by atoms with Crippen molar-refractivity contribution in [2.45, 2.75) is 19.6 Å². The van der Waals surface area contributed by atoms with Crippen molar-refractivity contribution in [3.63, 3.8) is 0 Å². The number of hydrogen-bond donors (Lipinski definition) is 0. The molecule has 0 fully saturated rings. The quantitative estimate of drug-likeness (QED) is 0.624. The molecule has 0 aromatic carbocycles. The van der Waals surface area contributed by atoms with Gasteiger partial charge in [0, 0.05) is 12.4 Å². The Hall–Kier alpha value is -0.413. The van der Waals surface area contributed by atoms with Gasteiger partial charge in [0.25, 0.3) is 0 Å². The Labute approximate surface area is 72.6 Å². The molecule has 0 aliphatic carbocycles. The minimum Gasteiger partial charge on any atom is -0.261 e. The zero-order chi connectivity index (χ0) is 8.48. The third kappa shape index (κ3) is 2.01. The van der Waals surface area contributed by atoms with E-state index in [2.05, 4.69) is 29.6 Å². The predicted octanol–water partition coefficient (Wildman–Crippen LogP) is 1.68. The largest absolute Gasteiger partial charge is 0.261 e. The van der Waals surface area contributed by atoms with E-state index in [0.717, 1.165) is 5.32 Å². The number of nitrogens with zero attached hydrogens (tertiary/aromatic N) is 2. The van der Waals surface area contributed by atoms with Gasteiger partial charge in [0.2, 0.25) is 0 Å². The second kappa shape index (κ2) is 2.91. The fraction of sp³-hybridized carbons (Fsp3) is 0.429. The average Bonchev–Trinajstić information content (AvgIpc) is 1.86. The summed E-state index contributed by atoms with van der Waals surface area (Å²) in [5, 5.41) is 1.55. The van der Waals surface area contributed by atoms with Crippen LogP contribution in [0, 0.1) is 0 Å². The molecule has 0 spiro atoms. The van der Waals surface area contributed by atoms with E-state index in [1.54, 1.807) is 12.4 Å². The molecule has 1 rings (SSSR count). The van der Waals surface area contributed by atoms with Gasteiger partial charge in [-0.1, -0.05) is 31.2 Å². The Morgan fingerprint density at radius 2 is 1.73 bits per heavy atom. The maximum atomic E-state index is 5.87. The Morgan fingerprint density at radius 1 is 1.18 bits per heavy atom. The molecule has 2 nitrogen and oxygen atoms in total. The van der Waals surface area contributed by atoms with E-state index < -0.39 is 8.07 Å². The fourth-order valence-corrected chi connectivity index (χ4v) is 2.92. The summed E-state index contributed by atoms with van der Waals surface area (Å²) in [6.45, 7) is 6.59. The molecule has 0 saturated carbocycles. The zero-order valence-corrected chi connectivity index (χ0v) is 8.68. The van der Waals surface area contributed by atoms with Crippen LogP contribution in [0.5, 0.6) is 0 Å². The monoisotopic (exact) mass is 186 g/mol.